The van der Waals surface area contributed by atoms with Crippen LogP contribution < -0.4 is 0 Å². The fourth-order valence-electron chi connectivity index (χ4n) is 0.832. The van der Waals surface area contributed by atoms with Crippen LogP contribution in [0.1, 0.15) is 30.3 Å². The normalized spacial score (nSPS) is 9.83. The smallest absolute Gasteiger partial charge is 0.182 e. The van der Waals surface area contributed by atoms with Crippen molar-refractivity contribution in [2.45, 2.75) is 19.8 Å². The minimum atomic E-state index is 0.0475. The molecule has 1 aromatic rings. The average molecular weight is 229 g/mol. The molecule has 0 unspecified atom stereocenters. The first kappa shape index (κ1) is 9.32. The van der Waals surface area contributed by atoms with Crippen LogP contribution in [0.3, 0.4) is 0 Å². The van der Waals surface area contributed by atoms with E-state index in [-0.39, 0.29) is 5.78 Å². The maximum atomic E-state index is 11.3. The molecule has 0 N–H and O–H groups in total. The van der Waals surface area contributed by atoms with Crippen LogP contribution in [0.2, 0.25) is 0 Å². The number of rotatable bonds is 3. The minimum absolute atomic E-state index is 0.0475. The fourth-order valence-corrected chi connectivity index (χ4v) is 1.14. The maximum absolute atomic E-state index is 11.3. The summed E-state index contributed by atoms with van der Waals surface area (Å²) in [6, 6.07) is 0. The quantitative estimate of drug-likeness (QED) is 0.746. The van der Waals surface area contributed by atoms with Crippen LogP contribution in [0.25, 0.3) is 0 Å². The summed E-state index contributed by atoms with van der Waals surface area (Å²) in [5.74, 6) is 0.0475. The third kappa shape index (κ3) is 2.37. The van der Waals surface area contributed by atoms with E-state index in [2.05, 4.69) is 25.9 Å². The van der Waals surface area contributed by atoms with Crippen LogP contribution in [0, 0.1) is 0 Å². The lowest BCUT2D eigenvalue weighted by Crippen LogP contribution is -2.02. The summed E-state index contributed by atoms with van der Waals surface area (Å²) in [5.41, 5.74) is 0.436. The van der Waals surface area contributed by atoms with Gasteiger partial charge in [0.15, 0.2) is 5.78 Å². The van der Waals surface area contributed by atoms with Gasteiger partial charge in [-0.05, 0) is 22.4 Å². The number of hydrogen-bond donors (Lipinski definition) is 0. The van der Waals surface area contributed by atoms with E-state index in [4.69, 9.17) is 0 Å². The number of halogens is 1. The molecule has 0 aliphatic heterocycles. The predicted molar refractivity (Wildman–Crippen MR) is 49.0 cm³/mol. The largest absolute Gasteiger partial charge is 0.292 e. The van der Waals surface area contributed by atoms with Gasteiger partial charge in [0.05, 0.1) is 12.4 Å². The summed E-state index contributed by atoms with van der Waals surface area (Å²) in [6.07, 6.45) is 4.42. The third-order valence-corrected chi connectivity index (χ3v) is 1.75. The van der Waals surface area contributed by atoms with Crippen molar-refractivity contribution >= 4 is 21.7 Å². The lowest BCUT2D eigenvalue weighted by atomic mass is 10.2. The van der Waals surface area contributed by atoms with Gasteiger partial charge in [0, 0.05) is 6.42 Å². The lowest BCUT2D eigenvalue weighted by Gasteiger charge is -1.96. The summed E-state index contributed by atoms with van der Waals surface area (Å²) in [5, 5.41) is 0. The van der Waals surface area contributed by atoms with Crippen molar-refractivity contribution in [2.24, 2.45) is 0 Å². The van der Waals surface area contributed by atoms with Crippen LogP contribution in [0.15, 0.2) is 17.0 Å². The van der Waals surface area contributed by atoms with Crippen molar-refractivity contribution in [2.75, 3.05) is 0 Å². The third-order valence-electron chi connectivity index (χ3n) is 1.37. The van der Waals surface area contributed by atoms with E-state index in [1.54, 1.807) is 6.20 Å². The summed E-state index contributed by atoms with van der Waals surface area (Å²) in [6.45, 7) is 1.96. The Labute approximate surface area is 79.4 Å². The Kier molecular flexibility index (Phi) is 3.34. The summed E-state index contributed by atoms with van der Waals surface area (Å²) in [7, 11) is 0. The number of carbonyl (C=O) groups excluding carboxylic acids is 1. The molecule has 0 saturated carbocycles. The highest BCUT2D eigenvalue weighted by molar-refractivity contribution is 9.10. The Morgan fingerprint density at radius 3 is 2.92 bits per heavy atom. The van der Waals surface area contributed by atoms with Gasteiger partial charge in [-0.25, -0.2) is 4.98 Å². The van der Waals surface area contributed by atoms with Gasteiger partial charge >= 0.3 is 0 Å². The van der Waals surface area contributed by atoms with Gasteiger partial charge < -0.3 is 0 Å². The lowest BCUT2D eigenvalue weighted by molar-refractivity contribution is 0.0976. The molecule has 1 heterocycles. The van der Waals surface area contributed by atoms with Gasteiger partial charge in [0.1, 0.15) is 10.3 Å². The number of ketones is 1. The van der Waals surface area contributed by atoms with E-state index in [0.29, 0.717) is 16.7 Å². The van der Waals surface area contributed by atoms with Crippen molar-refractivity contribution < 1.29 is 4.79 Å². The van der Waals surface area contributed by atoms with E-state index >= 15 is 0 Å². The second-order valence-electron chi connectivity index (χ2n) is 2.40. The van der Waals surface area contributed by atoms with E-state index < -0.39 is 0 Å². The standard InChI is InChI=1S/C8H9BrN2O/c1-2-3-7(12)6-4-10-5-8(9)11-6/h4-5H,2-3H2,1H3. The number of carbonyl (C=O) groups is 1. The molecular weight excluding hydrogens is 220 g/mol. The van der Waals surface area contributed by atoms with Crippen LogP contribution in [0.5, 0.6) is 0 Å². The van der Waals surface area contributed by atoms with E-state index in [1.165, 1.54) is 6.20 Å². The summed E-state index contributed by atoms with van der Waals surface area (Å²) < 4.78 is 0.601. The van der Waals surface area contributed by atoms with Gasteiger partial charge in [-0.2, -0.15) is 0 Å². The van der Waals surface area contributed by atoms with Crippen LogP contribution in [-0.4, -0.2) is 15.8 Å². The van der Waals surface area contributed by atoms with Crippen molar-refractivity contribution in [1.82, 2.24) is 9.97 Å². The molecule has 0 saturated heterocycles. The zero-order valence-electron chi connectivity index (χ0n) is 6.75. The van der Waals surface area contributed by atoms with Crippen LogP contribution in [-0.2, 0) is 0 Å². The Morgan fingerprint density at radius 1 is 1.58 bits per heavy atom. The summed E-state index contributed by atoms with van der Waals surface area (Å²) >= 11 is 3.16. The molecule has 64 valence electrons. The molecule has 0 aliphatic rings. The second kappa shape index (κ2) is 4.30. The highest BCUT2D eigenvalue weighted by Crippen LogP contribution is 2.06. The topological polar surface area (TPSA) is 42.9 Å². The van der Waals surface area contributed by atoms with Crippen molar-refractivity contribution in [3.63, 3.8) is 0 Å². The van der Waals surface area contributed by atoms with E-state index in [9.17, 15) is 4.79 Å². The first-order valence-corrected chi connectivity index (χ1v) is 4.54. The zero-order chi connectivity index (χ0) is 8.97. The van der Waals surface area contributed by atoms with Gasteiger partial charge in [0.2, 0.25) is 0 Å². The SMILES string of the molecule is CCCC(=O)c1cncc(Br)n1. The molecule has 0 fully saturated rings. The molecule has 0 bridgehead atoms. The molecule has 1 aromatic heterocycles. The molecule has 0 aromatic carbocycles. The first-order chi connectivity index (χ1) is 5.74. The number of nitrogens with zero attached hydrogens (tertiary/aromatic N) is 2. The van der Waals surface area contributed by atoms with Gasteiger partial charge in [-0.1, -0.05) is 6.92 Å². The zero-order valence-corrected chi connectivity index (χ0v) is 8.34. The molecule has 3 nitrogen and oxygen atoms in total. The fraction of sp³-hybridized carbons (Fsp3) is 0.375. The molecule has 1 rings (SSSR count). The van der Waals surface area contributed by atoms with E-state index in [1.807, 2.05) is 6.92 Å². The first-order valence-electron chi connectivity index (χ1n) is 3.74. The number of hydrogen-bond acceptors (Lipinski definition) is 3. The molecule has 0 atom stereocenters. The Balaban J connectivity index is 2.81. The average Bonchev–Trinajstić information content (AvgIpc) is 2.05. The Hall–Kier alpha value is -0.770. The molecule has 0 spiro atoms. The van der Waals surface area contributed by atoms with Crippen molar-refractivity contribution in [3.8, 4) is 0 Å². The molecule has 0 amide bonds. The van der Waals surface area contributed by atoms with Crippen molar-refractivity contribution in [1.29, 1.82) is 0 Å². The molecule has 0 radical (unpaired) electrons. The number of Topliss-reactive ketones (excluding diaryl/α,β-unsaturated/α-hetero) is 1. The Bertz CT molecular complexity index is 288. The van der Waals surface area contributed by atoms with Crippen LogP contribution >= 0.6 is 15.9 Å². The molecular formula is C8H9BrN2O. The van der Waals surface area contributed by atoms with Crippen LogP contribution in [0.4, 0.5) is 0 Å². The van der Waals surface area contributed by atoms with Gasteiger partial charge in [-0.3, -0.25) is 9.78 Å². The minimum Gasteiger partial charge on any atom is -0.292 e. The predicted octanol–water partition coefficient (Wildman–Crippen LogP) is 2.22. The maximum Gasteiger partial charge on any atom is 0.182 e. The Morgan fingerprint density at radius 2 is 2.33 bits per heavy atom. The van der Waals surface area contributed by atoms with Gasteiger partial charge in [-0.15, -0.1) is 0 Å². The molecule has 12 heavy (non-hydrogen) atoms. The highest BCUT2D eigenvalue weighted by atomic mass is 79.9. The summed E-state index contributed by atoms with van der Waals surface area (Å²) in [4.78, 5) is 19.1. The van der Waals surface area contributed by atoms with Gasteiger partial charge in [0.25, 0.3) is 0 Å². The molecule has 4 heteroatoms. The van der Waals surface area contributed by atoms with Crippen molar-refractivity contribution in [3.05, 3.63) is 22.7 Å². The van der Waals surface area contributed by atoms with E-state index in [0.717, 1.165) is 6.42 Å². The highest BCUT2D eigenvalue weighted by Gasteiger charge is 2.05. The second-order valence-corrected chi connectivity index (χ2v) is 3.21. The molecule has 0 aliphatic carbocycles. The monoisotopic (exact) mass is 228 g/mol. The number of aromatic nitrogens is 2.